The van der Waals surface area contributed by atoms with Gasteiger partial charge in [0.15, 0.2) is 5.96 Å². The number of aliphatic imine (C=N–C) groups is 1. The van der Waals surface area contributed by atoms with Gasteiger partial charge in [-0.3, -0.25) is 9.89 Å². The average molecular weight is 313 g/mol. The highest BCUT2D eigenvalue weighted by Crippen LogP contribution is 1.98. The van der Waals surface area contributed by atoms with Gasteiger partial charge in [-0.15, -0.1) is 0 Å². The molecule has 6 heteroatoms. The third-order valence-corrected chi connectivity index (χ3v) is 4.23. The van der Waals surface area contributed by atoms with Crippen LogP contribution in [0.15, 0.2) is 4.99 Å². The van der Waals surface area contributed by atoms with Crippen molar-refractivity contribution in [2.45, 2.75) is 33.2 Å². The van der Waals surface area contributed by atoms with Gasteiger partial charge in [0.2, 0.25) is 0 Å². The van der Waals surface area contributed by atoms with Crippen LogP contribution in [0, 0.1) is 0 Å². The first-order valence-electron chi connectivity index (χ1n) is 8.69. The number of nitrogens with one attached hydrogen (secondary N) is 2. The second-order valence-corrected chi connectivity index (χ2v) is 5.88. The first kappa shape index (κ1) is 19.2. The van der Waals surface area contributed by atoms with Crippen molar-refractivity contribution in [1.82, 2.24) is 20.4 Å². The van der Waals surface area contributed by atoms with E-state index < -0.39 is 0 Å². The summed E-state index contributed by atoms with van der Waals surface area (Å²) < 4.78 is 5.36. The summed E-state index contributed by atoms with van der Waals surface area (Å²) in [5.41, 5.74) is 0. The van der Waals surface area contributed by atoms with E-state index in [0.29, 0.717) is 6.04 Å². The zero-order valence-electron chi connectivity index (χ0n) is 14.9. The number of rotatable bonds is 9. The van der Waals surface area contributed by atoms with Crippen LogP contribution in [0.2, 0.25) is 0 Å². The topological polar surface area (TPSA) is 52.1 Å². The summed E-state index contributed by atoms with van der Waals surface area (Å²) in [4.78, 5) is 9.45. The van der Waals surface area contributed by atoms with Crippen molar-refractivity contribution < 1.29 is 4.74 Å². The predicted molar refractivity (Wildman–Crippen MR) is 93.6 cm³/mol. The molecule has 0 bridgehead atoms. The summed E-state index contributed by atoms with van der Waals surface area (Å²) in [5.74, 6) is 0.924. The average Bonchev–Trinajstić information content (AvgIpc) is 2.55. The van der Waals surface area contributed by atoms with E-state index in [1.54, 1.807) is 0 Å². The number of ether oxygens (including phenoxy) is 1. The molecule has 22 heavy (non-hydrogen) atoms. The Morgan fingerprint density at radius 1 is 1.27 bits per heavy atom. The summed E-state index contributed by atoms with van der Waals surface area (Å²) in [6.45, 7) is 15.0. The maximum Gasteiger partial charge on any atom is 0.191 e. The first-order chi connectivity index (χ1) is 10.7. The molecule has 1 aliphatic rings. The molecule has 0 saturated carbocycles. The van der Waals surface area contributed by atoms with Crippen molar-refractivity contribution >= 4 is 5.96 Å². The molecule has 1 rings (SSSR count). The Bertz CT molecular complexity index is 305. The Morgan fingerprint density at radius 3 is 2.64 bits per heavy atom. The molecule has 0 aromatic heterocycles. The van der Waals surface area contributed by atoms with Crippen LogP contribution in [0.5, 0.6) is 0 Å². The smallest absolute Gasteiger partial charge is 0.191 e. The molecule has 1 saturated heterocycles. The van der Waals surface area contributed by atoms with Gasteiger partial charge in [0, 0.05) is 45.3 Å². The Kier molecular flexibility index (Phi) is 10.2. The number of hydrogen-bond acceptors (Lipinski definition) is 4. The van der Waals surface area contributed by atoms with Crippen LogP contribution in [-0.2, 0) is 4.74 Å². The molecular formula is C16H35N5O. The molecular weight excluding hydrogens is 278 g/mol. The number of likely N-dealkylation sites (N-methyl/N-ethyl adjacent to an activating group) is 1. The molecule has 0 aromatic carbocycles. The molecule has 1 aliphatic heterocycles. The van der Waals surface area contributed by atoms with Crippen molar-refractivity contribution in [3.63, 3.8) is 0 Å². The lowest BCUT2D eigenvalue weighted by Gasteiger charge is -2.26. The molecule has 1 heterocycles. The number of nitrogens with zero attached hydrogens (tertiary/aromatic N) is 3. The third-order valence-electron chi connectivity index (χ3n) is 4.23. The lowest BCUT2D eigenvalue weighted by atomic mass is 10.2. The standard InChI is InChI=1S/C16H35N5O/c1-5-15(3)20(4)9-7-18-16(17-6-2)19-8-10-21-11-13-22-14-12-21/h15H,5-14H2,1-4H3,(H2,17,18,19). The highest BCUT2D eigenvalue weighted by atomic mass is 16.5. The largest absolute Gasteiger partial charge is 0.379 e. The van der Waals surface area contributed by atoms with Crippen LogP contribution in [0.1, 0.15) is 27.2 Å². The molecule has 130 valence electrons. The Hall–Kier alpha value is -0.850. The van der Waals surface area contributed by atoms with E-state index in [-0.39, 0.29) is 0 Å². The zero-order valence-corrected chi connectivity index (χ0v) is 14.9. The van der Waals surface area contributed by atoms with Crippen LogP contribution in [0.3, 0.4) is 0 Å². The van der Waals surface area contributed by atoms with E-state index in [1.807, 2.05) is 0 Å². The summed E-state index contributed by atoms with van der Waals surface area (Å²) in [7, 11) is 2.18. The van der Waals surface area contributed by atoms with Crippen LogP contribution in [0.4, 0.5) is 0 Å². The van der Waals surface area contributed by atoms with Gasteiger partial charge >= 0.3 is 0 Å². The van der Waals surface area contributed by atoms with Gasteiger partial charge in [0.1, 0.15) is 0 Å². The SMILES string of the molecule is CCNC(=NCCN1CCOCC1)NCCN(C)C(C)CC. The van der Waals surface area contributed by atoms with Crippen molar-refractivity contribution in [1.29, 1.82) is 0 Å². The zero-order chi connectivity index (χ0) is 16.2. The highest BCUT2D eigenvalue weighted by Gasteiger charge is 2.09. The molecule has 0 amide bonds. The van der Waals surface area contributed by atoms with E-state index in [9.17, 15) is 0 Å². The fraction of sp³-hybridized carbons (Fsp3) is 0.938. The van der Waals surface area contributed by atoms with Crippen LogP contribution < -0.4 is 10.6 Å². The highest BCUT2D eigenvalue weighted by molar-refractivity contribution is 5.79. The summed E-state index contributed by atoms with van der Waals surface area (Å²) >= 11 is 0. The fourth-order valence-electron chi connectivity index (χ4n) is 2.35. The predicted octanol–water partition coefficient (Wildman–Crippen LogP) is 0.604. The minimum Gasteiger partial charge on any atom is -0.379 e. The van der Waals surface area contributed by atoms with Gasteiger partial charge in [-0.05, 0) is 27.3 Å². The minimum atomic E-state index is 0.627. The number of morpholine rings is 1. The summed E-state index contributed by atoms with van der Waals surface area (Å²) in [6, 6.07) is 0.627. The molecule has 2 N–H and O–H groups in total. The maximum atomic E-state index is 5.36. The van der Waals surface area contributed by atoms with Gasteiger partial charge in [0.05, 0.1) is 19.8 Å². The van der Waals surface area contributed by atoms with E-state index in [1.165, 1.54) is 6.42 Å². The normalized spacial score (nSPS) is 18.5. The van der Waals surface area contributed by atoms with Gasteiger partial charge in [-0.2, -0.15) is 0 Å². The van der Waals surface area contributed by atoms with Gasteiger partial charge in [-0.25, -0.2) is 0 Å². The monoisotopic (exact) mass is 313 g/mol. The second-order valence-electron chi connectivity index (χ2n) is 5.88. The van der Waals surface area contributed by atoms with Gasteiger partial charge in [-0.1, -0.05) is 6.92 Å². The lowest BCUT2D eigenvalue weighted by molar-refractivity contribution is 0.0394. The maximum absolute atomic E-state index is 5.36. The molecule has 0 aliphatic carbocycles. The van der Waals surface area contributed by atoms with Crippen LogP contribution >= 0.6 is 0 Å². The molecule has 6 nitrogen and oxygen atoms in total. The van der Waals surface area contributed by atoms with Gasteiger partial charge in [0.25, 0.3) is 0 Å². The lowest BCUT2D eigenvalue weighted by Crippen LogP contribution is -2.43. The Labute approximate surface area is 136 Å². The fourth-order valence-corrected chi connectivity index (χ4v) is 2.35. The van der Waals surface area contributed by atoms with E-state index in [2.05, 4.69) is 53.2 Å². The summed E-state index contributed by atoms with van der Waals surface area (Å²) in [5, 5.41) is 6.74. The minimum absolute atomic E-state index is 0.627. The van der Waals surface area contributed by atoms with Crippen LogP contribution in [-0.4, -0.2) is 87.9 Å². The molecule has 1 unspecified atom stereocenters. The van der Waals surface area contributed by atoms with Gasteiger partial charge < -0.3 is 20.3 Å². The second kappa shape index (κ2) is 11.7. The molecule has 1 fully saturated rings. The first-order valence-corrected chi connectivity index (χ1v) is 8.69. The quantitative estimate of drug-likeness (QED) is 0.482. The number of guanidine groups is 1. The molecule has 1 atom stereocenters. The van der Waals surface area contributed by atoms with Crippen molar-refractivity contribution in [3.05, 3.63) is 0 Å². The summed E-state index contributed by atoms with van der Waals surface area (Å²) in [6.07, 6.45) is 1.18. The van der Waals surface area contributed by atoms with E-state index >= 15 is 0 Å². The molecule has 0 aromatic rings. The Morgan fingerprint density at radius 2 is 2.00 bits per heavy atom. The van der Waals surface area contributed by atoms with Crippen molar-refractivity contribution in [2.24, 2.45) is 4.99 Å². The van der Waals surface area contributed by atoms with Crippen molar-refractivity contribution in [2.75, 3.05) is 66.1 Å². The molecule has 0 radical (unpaired) electrons. The van der Waals surface area contributed by atoms with E-state index in [4.69, 9.17) is 4.74 Å². The third kappa shape index (κ3) is 7.96. The van der Waals surface area contributed by atoms with Crippen molar-refractivity contribution in [3.8, 4) is 0 Å². The number of hydrogen-bond donors (Lipinski definition) is 2. The Balaban J connectivity index is 2.25. The molecule has 0 spiro atoms. The van der Waals surface area contributed by atoms with E-state index in [0.717, 1.165) is 65.0 Å². The van der Waals surface area contributed by atoms with Crippen LogP contribution in [0.25, 0.3) is 0 Å².